The molecule has 0 aliphatic heterocycles. The van der Waals surface area contributed by atoms with Gasteiger partial charge in [-0.3, -0.25) is 4.79 Å². The fourth-order valence-electron chi connectivity index (χ4n) is 3.52. The van der Waals surface area contributed by atoms with E-state index in [2.05, 4.69) is 15.1 Å². The van der Waals surface area contributed by atoms with Crippen molar-refractivity contribution >= 4 is 5.52 Å². The second-order valence-corrected chi connectivity index (χ2v) is 6.33. The zero-order valence-corrected chi connectivity index (χ0v) is 13.9. The number of hydrogen-bond donors (Lipinski definition) is 1. The molecule has 0 spiro atoms. The molecule has 124 valence electrons. The monoisotopic (exact) mass is 324 g/mol. The van der Waals surface area contributed by atoms with Gasteiger partial charge in [0.15, 0.2) is 11.3 Å². The summed E-state index contributed by atoms with van der Waals surface area (Å²) >= 11 is 0. The molecule has 1 N–H and O–H groups in total. The van der Waals surface area contributed by atoms with Gasteiger partial charge in [-0.25, -0.2) is 9.50 Å². The van der Waals surface area contributed by atoms with Crippen molar-refractivity contribution in [2.45, 2.75) is 38.5 Å². The molecule has 4 rings (SSSR count). The van der Waals surface area contributed by atoms with Gasteiger partial charge in [0.1, 0.15) is 11.6 Å². The molecule has 3 aromatic rings. The van der Waals surface area contributed by atoms with Crippen LogP contribution in [0.15, 0.2) is 29.1 Å². The summed E-state index contributed by atoms with van der Waals surface area (Å²) in [5, 5.41) is 4.68. The van der Waals surface area contributed by atoms with Crippen LogP contribution >= 0.6 is 0 Å². The van der Waals surface area contributed by atoms with Crippen molar-refractivity contribution < 1.29 is 4.74 Å². The topological polar surface area (TPSA) is 72.3 Å². The summed E-state index contributed by atoms with van der Waals surface area (Å²) in [6.07, 6.45) is 4.66. The fraction of sp³-hybridized carbons (Fsp3) is 0.389. The normalized spacial score (nSPS) is 15.2. The number of aromatic amines is 1. The Hall–Kier alpha value is -2.63. The van der Waals surface area contributed by atoms with E-state index in [-0.39, 0.29) is 5.56 Å². The number of rotatable bonds is 3. The van der Waals surface area contributed by atoms with Crippen LogP contribution in [-0.2, 0) is 0 Å². The van der Waals surface area contributed by atoms with Gasteiger partial charge in [-0.1, -0.05) is 12.8 Å². The Balaban J connectivity index is 1.88. The first-order valence-electron chi connectivity index (χ1n) is 8.31. The van der Waals surface area contributed by atoms with Crippen LogP contribution in [0.1, 0.15) is 43.1 Å². The van der Waals surface area contributed by atoms with Crippen LogP contribution in [0.3, 0.4) is 0 Å². The maximum atomic E-state index is 12.6. The molecule has 6 nitrogen and oxygen atoms in total. The van der Waals surface area contributed by atoms with E-state index in [9.17, 15) is 4.79 Å². The minimum absolute atomic E-state index is 0.148. The maximum Gasteiger partial charge on any atom is 0.277 e. The molecule has 2 heterocycles. The maximum absolute atomic E-state index is 12.6. The van der Waals surface area contributed by atoms with Crippen LogP contribution in [0.5, 0.6) is 5.75 Å². The molecular formula is C18H20N4O2. The summed E-state index contributed by atoms with van der Waals surface area (Å²) < 4.78 is 6.94. The first kappa shape index (κ1) is 14.9. The second-order valence-electron chi connectivity index (χ2n) is 6.33. The molecule has 2 aromatic heterocycles. The molecule has 6 heteroatoms. The predicted molar refractivity (Wildman–Crippen MR) is 91.5 cm³/mol. The fourth-order valence-corrected chi connectivity index (χ4v) is 3.52. The van der Waals surface area contributed by atoms with Crippen molar-refractivity contribution in [2.75, 3.05) is 7.11 Å². The summed E-state index contributed by atoms with van der Waals surface area (Å²) in [5.41, 5.74) is 1.99. The van der Waals surface area contributed by atoms with Crippen molar-refractivity contribution in [2.24, 2.45) is 0 Å². The number of nitrogens with one attached hydrogen (secondary N) is 1. The van der Waals surface area contributed by atoms with Crippen LogP contribution in [0.2, 0.25) is 0 Å². The standard InChI is InChI=1S/C18H20N4O2/c1-11-15-18(23)20-16(12-7-9-14(24-2)10-8-12)21-22(15)17(19-11)13-5-3-4-6-13/h7-10,13H,3-6H2,1-2H3,(H,20,21,23). The average Bonchev–Trinajstić information content (AvgIpc) is 3.23. The highest BCUT2D eigenvalue weighted by molar-refractivity contribution is 5.58. The van der Waals surface area contributed by atoms with Gasteiger partial charge >= 0.3 is 0 Å². The lowest BCUT2D eigenvalue weighted by Gasteiger charge is -2.08. The third-order valence-corrected chi connectivity index (χ3v) is 4.78. The zero-order chi connectivity index (χ0) is 16.7. The Bertz CT molecular complexity index is 934. The Labute approximate surface area is 139 Å². The van der Waals surface area contributed by atoms with Crippen molar-refractivity contribution in [1.29, 1.82) is 0 Å². The van der Waals surface area contributed by atoms with Crippen LogP contribution in [0.25, 0.3) is 16.9 Å². The number of imidazole rings is 1. The highest BCUT2D eigenvalue weighted by Crippen LogP contribution is 2.33. The number of aryl methyl sites for hydroxylation is 1. The minimum atomic E-state index is -0.148. The second kappa shape index (κ2) is 5.78. The highest BCUT2D eigenvalue weighted by atomic mass is 16.5. The Morgan fingerprint density at radius 1 is 1.21 bits per heavy atom. The van der Waals surface area contributed by atoms with E-state index in [0.29, 0.717) is 17.3 Å². The van der Waals surface area contributed by atoms with Crippen LogP contribution in [0, 0.1) is 6.92 Å². The van der Waals surface area contributed by atoms with Gasteiger partial charge in [0.2, 0.25) is 0 Å². The van der Waals surface area contributed by atoms with Gasteiger partial charge in [-0.05, 0) is 44.0 Å². The van der Waals surface area contributed by atoms with Crippen LogP contribution < -0.4 is 10.3 Å². The highest BCUT2D eigenvalue weighted by Gasteiger charge is 2.24. The van der Waals surface area contributed by atoms with E-state index in [1.807, 2.05) is 31.2 Å². The Kier molecular flexibility index (Phi) is 3.59. The van der Waals surface area contributed by atoms with Crippen molar-refractivity contribution in [1.82, 2.24) is 19.6 Å². The lowest BCUT2D eigenvalue weighted by atomic mass is 10.1. The lowest BCUT2D eigenvalue weighted by Crippen LogP contribution is -2.16. The van der Waals surface area contributed by atoms with Crippen molar-refractivity contribution in [3.8, 4) is 17.1 Å². The van der Waals surface area contributed by atoms with Gasteiger partial charge in [-0.2, -0.15) is 0 Å². The summed E-state index contributed by atoms with van der Waals surface area (Å²) in [6, 6.07) is 7.50. The number of aromatic nitrogens is 4. The third kappa shape index (κ3) is 2.38. The Morgan fingerprint density at radius 3 is 2.58 bits per heavy atom. The van der Waals surface area contributed by atoms with Crippen molar-refractivity contribution in [3.05, 3.63) is 46.1 Å². The van der Waals surface area contributed by atoms with E-state index in [1.54, 1.807) is 11.6 Å². The number of nitrogens with zero attached hydrogens (tertiary/aromatic N) is 3. The molecule has 1 aliphatic carbocycles. The molecule has 1 aromatic carbocycles. The van der Waals surface area contributed by atoms with Gasteiger partial charge in [0.25, 0.3) is 5.56 Å². The SMILES string of the molecule is COc1ccc(-c2nn3c(C4CCCC4)nc(C)c3c(=O)[nH]2)cc1. The summed E-state index contributed by atoms with van der Waals surface area (Å²) in [6.45, 7) is 1.87. The van der Waals surface area contributed by atoms with Crippen LogP contribution in [0.4, 0.5) is 0 Å². The van der Waals surface area contributed by atoms with E-state index in [0.717, 1.165) is 35.7 Å². The molecule has 0 saturated heterocycles. The lowest BCUT2D eigenvalue weighted by molar-refractivity contribution is 0.415. The molecule has 0 atom stereocenters. The first-order valence-corrected chi connectivity index (χ1v) is 8.31. The average molecular weight is 324 g/mol. The van der Waals surface area contributed by atoms with Gasteiger partial charge in [0.05, 0.1) is 12.8 Å². The summed E-state index contributed by atoms with van der Waals surface area (Å²) in [7, 11) is 1.63. The van der Waals surface area contributed by atoms with E-state index < -0.39 is 0 Å². The molecule has 24 heavy (non-hydrogen) atoms. The molecule has 0 radical (unpaired) electrons. The number of hydrogen-bond acceptors (Lipinski definition) is 4. The van der Waals surface area contributed by atoms with Gasteiger partial charge in [-0.15, -0.1) is 5.10 Å². The molecule has 0 amide bonds. The molecule has 0 unspecified atom stereocenters. The summed E-state index contributed by atoms with van der Waals surface area (Å²) in [5.74, 6) is 2.63. The third-order valence-electron chi connectivity index (χ3n) is 4.78. The first-order chi connectivity index (χ1) is 11.7. The van der Waals surface area contributed by atoms with Gasteiger partial charge < -0.3 is 9.72 Å². The zero-order valence-electron chi connectivity index (χ0n) is 13.9. The molecule has 0 bridgehead atoms. The molecule has 1 fully saturated rings. The predicted octanol–water partition coefficient (Wildman–Crippen LogP) is 3.06. The summed E-state index contributed by atoms with van der Waals surface area (Å²) in [4.78, 5) is 20.1. The smallest absolute Gasteiger partial charge is 0.277 e. The number of fused-ring (bicyclic) bond motifs is 1. The van der Waals surface area contributed by atoms with Crippen LogP contribution in [-0.4, -0.2) is 26.7 Å². The number of H-pyrrole nitrogens is 1. The number of benzene rings is 1. The van der Waals surface area contributed by atoms with Crippen molar-refractivity contribution in [3.63, 3.8) is 0 Å². The van der Waals surface area contributed by atoms with Gasteiger partial charge in [0, 0.05) is 11.5 Å². The Morgan fingerprint density at radius 2 is 1.92 bits per heavy atom. The van der Waals surface area contributed by atoms with E-state index >= 15 is 0 Å². The minimum Gasteiger partial charge on any atom is -0.497 e. The number of ether oxygens (including phenoxy) is 1. The number of methoxy groups -OCH3 is 1. The van der Waals surface area contributed by atoms with E-state index in [4.69, 9.17) is 4.74 Å². The largest absolute Gasteiger partial charge is 0.497 e. The molecular weight excluding hydrogens is 304 g/mol. The molecule has 1 aliphatic rings. The quantitative estimate of drug-likeness (QED) is 0.803. The van der Waals surface area contributed by atoms with E-state index in [1.165, 1.54) is 12.8 Å². The molecule has 1 saturated carbocycles.